The van der Waals surface area contributed by atoms with Crippen molar-refractivity contribution in [2.24, 2.45) is 5.41 Å². The summed E-state index contributed by atoms with van der Waals surface area (Å²) in [4.78, 5) is 25.3. The maximum atomic E-state index is 14.4. The first kappa shape index (κ1) is 28.8. The van der Waals surface area contributed by atoms with Gasteiger partial charge in [-0.05, 0) is 49.4 Å². The van der Waals surface area contributed by atoms with Crippen LogP contribution in [0.2, 0.25) is 0 Å². The Kier molecular flexibility index (Phi) is 7.51. The second kappa shape index (κ2) is 10.9. The van der Waals surface area contributed by atoms with E-state index in [4.69, 9.17) is 19.6 Å². The first-order valence-corrected chi connectivity index (χ1v) is 13.5. The van der Waals surface area contributed by atoms with Crippen molar-refractivity contribution in [1.82, 2.24) is 4.57 Å². The van der Waals surface area contributed by atoms with Crippen LogP contribution in [0.3, 0.4) is 0 Å². The molecule has 0 bridgehead atoms. The van der Waals surface area contributed by atoms with Crippen LogP contribution in [0.25, 0.3) is 27.7 Å². The fraction of sp³-hybridized carbons (Fsp3) is 0.281. The molecule has 0 aliphatic carbocycles. The highest BCUT2D eigenvalue weighted by atomic mass is 19.1. The molecular formula is C32H32FN3O6. The molecule has 1 amide bonds. The number of hydrogen-bond donors (Lipinski definition) is 3. The maximum absolute atomic E-state index is 14.4. The van der Waals surface area contributed by atoms with Crippen LogP contribution in [-0.2, 0) is 9.53 Å². The van der Waals surface area contributed by atoms with Gasteiger partial charge >= 0.3 is 5.97 Å². The average Bonchev–Trinajstić information content (AvgIpc) is 3.29. The van der Waals surface area contributed by atoms with E-state index < -0.39 is 23.3 Å². The monoisotopic (exact) mass is 573 g/mol. The van der Waals surface area contributed by atoms with Crippen molar-refractivity contribution in [2.75, 3.05) is 25.6 Å². The number of halogens is 1. The number of aliphatic hydroxyl groups excluding tert-OH is 1. The van der Waals surface area contributed by atoms with Crippen molar-refractivity contribution >= 4 is 34.7 Å². The van der Waals surface area contributed by atoms with Gasteiger partial charge in [-0.2, -0.15) is 0 Å². The lowest BCUT2D eigenvalue weighted by Gasteiger charge is -2.27. The summed E-state index contributed by atoms with van der Waals surface area (Å²) in [6.07, 6.45) is 0.623. The first-order valence-electron chi connectivity index (χ1n) is 13.5. The molecule has 1 atom stereocenters. The maximum Gasteiger partial charge on any atom is 0.337 e. The van der Waals surface area contributed by atoms with Gasteiger partial charge in [0.15, 0.2) is 0 Å². The number of amides is 1. The number of carbonyl (C=O) groups is 2. The molecular weight excluding hydrogens is 541 g/mol. The molecule has 1 aliphatic heterocycles. The number of methoxy groups -OCH3 is 1. The predicted molar refractivity (Wildman–Crippen MR) is 158 cm³/mol. The van der Waals surface area contributed by atoms with Gasteiger partial charge in [-0.3, -0.25) is 4.79 Å². The highest BCUT2D eigenvalue weighted by Crippen LogP contribution is 2.50. The Balaban J connectivity index is 1.86. The second-order valence-corrected chi connectivity index (χ2v) is 11.0. The summed E-state index contributed by atoms with van der Waals surface area (Å²) in [6, 6.07) is 12.8. The zero-order valence-corrected chi connectivity index (χ0v) is 24.0. The average molecular weight is 574 g/mol. The molecule has 1 aromatic heterocycles. The largest absolute Gasteiger partial charge is 0.489 e. The van der Waals surface area contributed by atoms with Crippen LogP contribution in [0.15, 0.2) is 48.5 Å². The molecule has 10 heteroatoms. The number of ether oxygens (including phenoxy) is 3. The summed E-state index contributed by atoms with van der Waals surface area (Å²) < 4.78 is 33.2. The number of fused-ring (bicyclic) bond motifs is 5. The molecule has 218 valence electrons. The number of nitrogens with one attached hydrogen (secondary N) is 2. The van der Waals surface area contributed by atoms with Crippen LogP contribution in [0, 0.1) is 16.6 Å². The molecule has 0 saturated carbocycles. The minimum Gasteiger partial charge on any atom is -0.489 e. The molecule has 0 spiro atoms. The summed E-state index contributed by atoms with van der Waals surface area (Å²) in [6.45, 7) is 6.97. The van der Waals surface area contributed by atoms with E-state index in [9.17, 15) is 19.1 Å². The molecule has 0 saturated heterocycles. The summed E-state index contributed by atoms with van der Waals surface area (Å²) in [5, 5.41) is 21.2. The molecule has 0 radical (unpaired) electrons. The molecule has 0 fully saturated rings. The van der Waals surface area contributed by atoms with E-state index in [2.05, 4.69) is 5.32 Å². The van der Waals surface area contributed by atoms with Gasteiger partial charge < -0.3 is 34.6 Å². The van der Waals surface area contributed by atoms with Gasteiger partial charge in [0.05, 0.1) is 41.9 Å². The third-order valence-electron chi connectivity index (χ3n) is 7.13. The zero-order chi connectivity index (χ0) is 30.3. The third kappa shape index (κ3) is 4.98. The van der Waals surface area contributed by atoms with E-state index >= 15 is 0 Å². The first-order chi connectivity index (χ1) is 20.0. The number of hydrogen-bond acceptors (Lipinski definition) is 7. The number of carbonyl (C=O) groups excluding carboxylic acids is 2. The second-order valence-electron chi connectivity index (χ2n) is 11.0. The lowest BCUT2D eigenvalue weighted by molar-refractivity contribution is -0.123. The predicted octanol–water partition coefficient (Wildman–Crippen LogP) is 6.03. The van der Waals surface area contributed by atoms with Crippen molar-refractivity contribution < 1.29 is 33.3 Å². The van der Waals surface area contributed by atoms with Crippen molar-refractivity contribution in [2.45, 2.75) is 33.8 Å². The number of aromatic nitrogens is 1. The van der Waals surface area contributed by atoms with Crippen LogP contribution < -0.4 is 14.8 Å². The van der Waals surface area contributed by atoms with E-state index in [0.717, 1.165) is 16.6 Å². The lowest BCUT2D eigenvalue weighted by atomic mass is 9.93. The molecule has 3 N–H and O–H groups in total. The third-order valence-corrected chi connectivity index (χ3v) is 7.13. The van der Waals surface area contributed by atoms with Gasteiger partial charge in [0, 0.05) is 39.8 Å². The summed E-state index contributed by atoms with van der Waals surface area (Å²) >= 11 is 0. The number of anilines is 1. The summed E-state index contributed by atoms with van der Waals surface area (Å²) in [7, 11) is 1.31. The standard InChI is InChI=1S/C32H32FN3O6/c1-17-29-28(21-8-6-18(30(38)40-5)13-26(21)42-17)22-15-23(35-31(39)32(2,3)4)19(16-34)12-25(22)36(29)24-9-7-20(33)14-27(24)41-11-10-37/h6-9,12-17,34,37H,10-11H2,1-5H3,(H,35,39). The Morgan fingerprint density at radius 1 is 1.17 bits per heavy atom. The van der Waals surface area contributed by atoms with Gasteiger partial charge in [0.25, 0.3) is 0 Å². The van der Waals surface area contributed by atoms with E-state index in [-0.39, 0.29) is 24.9 Å². The number of nitrogens with zero attached hydrogens (tertiary/aromatic N) is 1. The van der Waals surface area contributed by atoms with Crippen molar-refractivity contribution in [1.29, 1.82) is 5.41 Å². The number of aliphatic hydroxyl groups is 1. The van der Waals surface area contributed by atoms with Crippen LogP contribution in [0.1, 0.15) is 55.4 Å². The molecule has 2 heterocycles. The summed E-state index contributed by atoms with van der Waals surface area (Å²) in [5.41, 5.74) is 3.96. The quantitative estimate of drug-likeness (QED) is 0.183. The summed E-state index contributed by atoms with van der Waals surface area (Å²) in [5.74, 6) is -0.527. The fourth-order valence-electron chi connectivity index (χ4n) is 5.10. The van der Waals surface area contributed by atoms with E-state index in [1.165, 1.54) is 25.5 Å². The van der Waals surface area contributed by atoms with E-state index in [1.807, 2.05) is 17.6 Å². The Morgan fingerprint density at radius 2 is 1.93 bits per heavy atom. The van der Waals surface area contributed by atoms with Crippen molar-refractivity contribution in [3.63, 3.8) is 0 Å². The minimum atomic E-state index is -0.675. The van der Waals surface area contributed by atoms with Crippen LogP contribution >= 0.6 is 0 Å². The molecule has 3 aromatic carbocycles. The zero-order valence-electron chi connectivity index (χ0n) is 24.0. The molecule has 9 nitrogen and oxygen atoms in total. The Bertz CT molecular complexity index is 1740. The van der Waals surface area contributed by atoms with Gasteiger partial charge in [-0.25, -0.2) is 9.18 Å². The minimum absolute atomic E-state index is 0.0439. The van der Waals surface area contributed by atoms with Crippen LogP contribution in [-0.4, -0.2) is 48.1 Å². The smallest absolute Gasteiger partial charge is 0.337 e. The highest BCUT2D eigenvalue weighted by molar-refractivity contribution is 6.09. The molecule has 5 rings (SSSR count). The lowest BCUT2D eigenvalue weighted by Crippen LogP contribution is -2.28. The fourth-order valence-corrected chi connectivity index (χ4v) is 5.10. The SMILES string of the molecule is COC(=O)c1ccc2c(c1)OC(C)c1c-2c2cc(NC(=O)C(C)(C)C)c(C=N)cc2n1-c1ccc(F)cc1OCCO. The van der Waals surface area contributed by atoms with Crippen LogP contribution in [0.4, 0.5) is 10.1 Å². The van der Waals surface area contributed by atoms with E-state index in [1.54, 1.807) is 51.1 Å². The normalized spacial score (nSPS) is 14.0. The van der Waals surface area contributed by atoms with Gasteiger partial charge in [-0.1, -0.05) is 20.8 Å². The van der Waals surface area contributed by atoms with Gasteiger partial charge in [-0.15, -0.1) is 0 Å². The Hall–Kier alpha value is -4.70. The highest BCUT2D eigenvalue weighted by Gasteiger charge is 2.33. The number of benzene rings is 3. The number of rotatable bonds is 7. The molecule has 1 aliphatic rings. The van der Waals surface area contributed by atoms with Crippen LogP contribution in [0.5, 0.6) is 11.5 Å². The van der Waals surface area contributed by atoms with Crippen molar-refractivity contribution in [3.8, 4) is 28.3 Å². The molecule has 1 unspecified atom stereocenters. The molecule has 4 aromatic rings. The molecule has 42 heavy (non-hydrogen) atoms. The van der Waals surface area contributed by atoms with Gasteiger partial charge in [0.2, 0.25) is 5.91 Å². The van der Waals surface area contributed by atoms with Gasteiger partial charge in [0.1, 0.15) is 30.0 Å². The number of esters is 1. The Morgan fingerprint density at radius 3 is 2.60 bits per heavy atom. The van der Waals surface area contributed by atoms with Crippen molar-refractivity contribution in [3.05, 3.63) is 71.2 Å². The van der Waals surface area contributed by atoms with E-state index in [0.29, 0.717) is 39.3 Å². The Labute approximate surface area is 242 Å². The topological polar surface area (TPSA) is 123 Å².